The summed E-state index contributed by atoms with van der Waals surface area (Å²) in [4.78, 5) is 4.21. The second kappa shape index (κ2) is 5.19. The van der Waals surface area contributed by atoms with Crippen LogP contribution >= 0.6 is 23.2 Å². The topological polar surface area (TPSA) is 24.9 Å². The third-order valence-corrected chi connectivity index (χ3v) is 2.86. The van der Waals surface area contributed by atoms with E-state index < -0.39 is 0 Å². The molecule has 0 radical (unpaired) electrons. The van der Waals surface area contributed by atoms with Gasteiger partial charge in [-0.05, 0) is 30.3 Å². The number of halogens is 2. The Hall–Kier alpha value is -1.25. The molecule has 4 heteroatoms. The second-order valence-corrected chi connectivity index (χ2v) is 4.12. The third kappa shape index (κ3) is 2.87. The van der Waals surface area contributed by atoms with Gasteiger partial charge in [-0.3, -0.25) is 4.98 Å². The van der Waals surface area contributed by atoms with Gasteiger partial charge in [0, 0.05) is 11.9 Å². The molecule has 1 aromatic carbocycles. The van der Waals surface area contributed by atoms with Crippen molar-refractivity contribution >= 4 is 28.9 Å². The average Bonchev–Trinajstić information content (AvgIpc) is 2.32. The lowest BCUT2D eigenvalue weighted by Gasteiger charge is -2.06. The fourth-order valence-corrected chi connectivity index (χ4v) is 1.60. The Morgan fingerprint density at radius 1 is 1.06 bits per heavy atom. The van der Waals surface area contributed by atoms with Crippen LogP contribution in [0.25, 0.3) is 0 Å². The molecular weight excluding hydrogens is 243 g/mol. The predicted molar refractivity (Wildman–Crippen MR) is 68.0 cm³/mol. The molecule has 0 saturated carbocycles. The molecule has 0 aliphatic carbocycles. The fourth-order valence-electron chi connectivity index (χ4n) is 1.30. The zero-order chi connectivity index (χ0) is 11.4. The first-order valence-corrected chi connectivity index (χ1v) is 5.60. The summed E-state index contributed by atoms with van der Waals surface area (Å²) >= 11 is 11.7. The van der Waals surface area contributed by atoms with E-state index in [0.29, 0.717) is 16.6 Å². The van der Waals surface area contributed by atoms with Crippen LogP contribution in [-0.2, 0) is 6.54 Å². The van der Waals surface area contributed by atoms with Gasteiger partial charge < -0.3 is 5.32 Å². The summed E-state index contributed by atoms with van der Waals surface area (Å²) in [6.45, 7) is 0.665. The van der Waals surface area contributed by atoms with E-state index in [1.807, 2.05) is 24.3 Å². The molecule has 2 aromatic rings. The van der Waals surface area contributed by atoms with Crippen LogP contribution in [0, 0.1) is 0 Å². The van der Waals surface area contributed by atoms with E-state index in [2.05, 4.69) is 10.3 Å². The number of nitrogens with zero attached hydrogens (tertiary/aromatic N) is 1. The van der Waals surface area contributed by atoms with Crippen molar-refractivity contribution in [3.05, 3.63) is 58.3 Å². The minimum absolute atomic E-state index is 0.549. The maximum absolute atomic E-state index is 5.91. The van der Waals surface area contributed by atoms with Gasteiger partial charge in [-0.1, -0.05) is 29.3 Å². The van der Waals surface area contributed by atoms with Gasteiger partial charge in [0.15, 0.2) is 0 Å². The van der Waals surface area contributed by atoms with Gasteiger partial charge in [-0.2, -0.15) is 0 Å². The smallest absolute Gasteiger partial charge is 0.0612 e. The molecule has 0 amide bonds. The number of benzene rings is 1. The fraction of sp³-hybridized carbons (Fsp3) is 0.0833. The van der Waals surface area contributed by atoms with Crippen LogP contribution in [0.3, 0.4) is 0 Å². The molecule has 2 nitrogen and oxygen atoms in total. The molecule has 0 spiro atoms. The van der Waals surface area contributed by atoms with Gasteiger partial charge in [-0.15, -0.1) is 0 Å². The van der Waals surface area contributed by atoms with Crippen LogP contribution < -0.4 is 5.32 Å². The first-order chi connectivity index (χ1) is 7.75. The standard InChI is InChI=1S/C12H10Cl2N2/c13-11-5-4-9(7-12(11)14)16-8-10-3-1-2-6-15-10/h1-7,16H,8H2. The third-order valence-electron chi connectivity index (χ3n) is 2.12. The SMILES string of the molecule is Clc1ccc(NCc2ccccn2)cc1Cl. The Morgan fingerprint density at radius 2 is 1.94 bits per heavy atom. The second-order valence-electron chi connectivity index (χ2n) is 3.30. The van der Waals surface area contributed by atoms with Gasteiger partial charge in [0.05, 0.1) is 22.3 Å². The van der Waals surface area contributed by atoms with E-state index in [1.54, 1.807) is 18.3 Å². The van der Waals surface area contributed by atoms with E-state index in [4.69, 9.17) is 23.2 Å². The van der Waals surface area contributed by atoms with Crippen LogP contribution in [0.15, 0.2) is 42.6 Å². The normalized spacial score (nSPS) is 10.1. The number of pyridine rings is 1. The van der Waals surface area contributed by atoms with Crippen molar-refractivity contribution in [3.8, 4) is 0 Å². The highest BCUT2D eigenvalue weighted by Gasteiger charge is 1.99. The van der Waals surface area contributed by atoms with Gasteiger partial charge in [0.1, 0.15) is 0 Å². The van der Waals surface area contributed by atoms with Crippen molar-refractivity contribution in [2.24, 2.45) is 0 Å². The highest BCUT2D eigenvalue weighted by Crippen LogP contribution is 2.25. The van der Waals surface area contributed by atoms with Crippen molar-refractivity contribution in [1.82, 2.24) is 4.98 Å². The lowest BCUT2D eigenvalue weighted by Crippen LogP contribution is -2.00. The van der Waals surface area contributed by atoms with Crippen LogP contribution in [0.4, 0.5) is 5.69 Å². The van der Waals surface area contributed by atoms with Crippen molar-refractivity contribution in [1.29, 1.82) is 0 Å². The Balaban J connectivity index is 2.03. The van der Waals surface area contributed by atoms with Gasteiger partial charge in [0.2, 0.25) is 0 Å². The molecule has 0 fully saturated rings. The Kier molecular flexibility index (Phi) is 3.65. The van der Waals surface area contributed by atoms with E-state index in [1.165, 1.54) is 0 Å². The van der Waals surface area contributed by atoms with Crippen molar-refractivity contribution in [2.75, 3.05) is 5.32 Å². The molecule has 1 heterocycles. The van der Waals surface area contributed by atoms with Crippen molar-refractivity contribution < 1.29 is 0 Å². The largest absolute Gasteiger partial charge is 0.379 e. The van der Waals surface area contributed by atoms with E-state index in [-0.39, 0.29) is 0 Å². The van der Waals surface area contributed by atoms with E-state index in [9.17, 15) is 0 Å². The molecule has 2 rings (SSSR count). The number of hydrogen-bond acceptors (Lipinski definition) is 2. The highest BCUT2D eigenvalue weighted by molar-refractivity contribution is 6.42. The Labute approximate surface area is 104 Å². The van der Waals surface area contributed by atoms with Gasteiger partial charge >= 0.3 is 0 Å². The Morgan fingerprint density at radius 3 is 2.62 bits per heavy atom. The summed E-state index contributed by atoms with van der Waals surface area (Å²) in [6.07, 6.45) is 1.77. The minimum atomic E-state index is 0.549. The number of hydrogen-bond donors (Lipinski definition) is 1. The summed E-state index contributed by atoms with van der Waals surface area (Å²) in [5.41, 5.74) is 1.91. The maximum atomic E-state index is 5.91. The van der Waals surface area contributed by atoms with Gasteiger partial charge in [0.25, 0.3) is 0 Å². The maximum Gasteiger partial charge on any atom is 0.0612 e. The molecule has 16 heavy (non-hydrogen) atoms. The molecule has 0 atom stereocenters. The van der Waals surface area contributed by atoms with E-state index in [0.717, 1.165) is 11.4 Å². The molecule has 0 unspecified atom stereocenters. The lowest BCUT2D eigenvalue weighted by molar-refractivity contribution is 1.05. The van der Waals surface area contributed by atoms with Gasteiger partial charge in [-0.25, -0.2) is 0 Å². The molecule has 0 saturated heterocycles. The molecule has 82 valence electrons. The van der Waals surface area contributed by atoms with Crippen LogP contribution in [0.5, 0.6) is 0 Å². The number of aromatic nitrogens is 1. The molecular formula is C12H10Cl2N2. The summed E-state index contributed by atoms with van der Waals surface area (Å²) in [7, 11) is 0. The number of rotatable bonds is 3. The summed E-state index contributed by atoms with van der Waals surface area (Å²) < 4.78 is 0. The van der Waals surface area contributed by atoms with E-state index >= 15 is 0 Å². The minimum Gasteiger partial charge on any atom is -0.379 e. The average molecular weight is 253 g/mol. The highest BCUT2D eigenvalue weighted by atomic mass is 35.5. The molecule has 1 aromatic heterocycles. The molecule has 1 N–H and O–H groups in total. The first-order valence-electron chi connectivity index (χ1n) is 4.84. The zero-order valence-electron chi connectivity index (χ0n) is 8.45. The molecule has 0 aliphatic heterocycles. The zero-order valence-corrected chi connectivity index (χ0v) is 9.96. The quantitative estimate of drug-likeness (QED) is 0.894. The van der Waals surface area contributed by atoms with Crippen LogP contribution in [0.2, 0.25) is 10.0 Å². The Bertz CT molecular complexity index is 472. The van der Waals surface area contributed by atoms with Crippen LogP contribution in [0.1, 0.15) is 5.69 Å². The lowest BCUT2D eigenvalue weighted by atomic mass is 10.3. The predicted octanol–water partition coefficient (Wildman–Crippen LogP) is 4.00. The molecule has 0 aliphatic rings. The van der Waals surface area contributed by atoms with Crippen molar-refractivity contribution in [2.45, 2.75) is 6.54 Å². The summed E-state index contributed by atoms with van der Waals surface area (Å²) in [5.74, 6) is 0. The summed E-state index contributed by atoms with van der Waals surface area (Å²) in [6, 6.07) is 11.3. The summed E-state index contributed by atoms with van der Waals surface area (Å²) in [5, 5.41) is 4.33. The molecule has 0 bridgehead atoms. The van der Waals surface area contributed by atoms with Crippen LogP contribution in [-0.4, -0.2) is 4.98 Å². The number of nitrogens with one attached hydrogen (secondary N) is 1. The number of anilines is 1. The van der Waals surface area contributed by atoms with Crippen molar-refractivity contribution in [3.63, 3.8) is 0 Å². The first kappa shape index (κ1) is 11.2. The monoisotopic (exact) mass is 252 g/mol.